The number of amides is 2. The number of rotatable bonds is 7. The van der Waals surface area contributed by atoms with Crippen LogP contribution in [0.5, 0.6) is 0 Å². The molecule has 0 atom stereocenters. The van der Waals surface area contributed by atoms with Crippen LogP contribution >= 0.6 is 0 Å². The van der Waals surface area contributed by atoms with Gasteiger partial charge in [-0.05, 0) is 42.5 Å². The highest BCUT2D eigenvalue weighted by atomic mass is 16.5. The van der Waals surface area contributed by atoms with Gasteiger partial charge >= 0.3 is 5.97 Å². The van der Waals surface area contributed by atoms with Crippen LogP contribution in [0.3, 0.4) is 0 Å². The number of anilines is 1. The molecule has 136 valence electrons. The zero-order chi connectivity index (χ0) is 18.9. The third-order valence-corrected chi connectivity index (χ3v) is 3.54. The first-order valence-corrected chi connectivity index (χ1v) is 7.92. The van der Waals surface area contributed by atoms with Gasteiger partial charge in [0.25, 0.3) is 11.8 Å². The summed E-state index contributed by atoms with van der Waals surface area (Å²) in [5, 5.41) is 5.42. The van der Waals surface area contributed by atoms with Gasteiger partial charge in [0, 0.05) is 30.5 Å². The van der Waals surface area contributed by atoms with Crippen LogP contribution in [0.4, 0.5) is 5.69 Å². The third-order valence-electron chi connectivity index (χ3n) is 3.54. The molecule has 0 fully saturated rings. The van der Waals surface area contributed by atoms with Gasteiger partial charge in [-0.15, -0.1) is 0 Å². The Labute approximate surface area is 151 Å². The highest BCUT2D eigenvalue weighted by molar-refractivity contribution is 6.06. The molecule has 0 heterocycles. The molecular formula is C19H20N2O5. The van der Waals surface area contributed by atoms with Crippen LogP contribution in [0.15, 0.2) is 48.5 Å². The molecule has 2 aromatic carbocycles. The summed E-state index contributed by atoms with van der Waals surface area (Å²) in [6.07, 6.45) is 0. The Morgan fingerprint density at radius 3 is 2.15 bits per heavy atom. The first-order valence-electron chi connectivity index (χ1n) is 7.92. The van der Waals surface area contributed by atoms with Crippen LogP contribution in [0.1, 0.15) is 31.1 Å². The van der Waals surface area contributed by atoms with Crippen LogP contribution in [-0.4, -0.2) is 45.2 Å². The molecule has 0 aliphatic carbocycles. The molecule has 7 nitrogen and oxygen atoms in total. The van der Waals surface area contributed by atoms with Gasteiger partial charge < -0.3 is 20.1 Å². The molecular weight excluding hydrogens is 336 g/mol. The summed E-state index contributed by atoms with van der Waals surface area (Å²) in [7, 11) is 2.85. The number of methoxy groups -OCH3 is 2. The highest BCUT2D eigenvalue weighted by Gasteiger charge is 2.11. The van der Waals surface area contributed by atoms with Crippen LogP contribution in [0.2, 0.25) is 0 Å². The van der Waals surface area contributed by atoms with E-state index in [4.69, 9.17) is 4.74 Å². The molecule has 7 heteroatoms. The molecule has 0 saturated carbocycles. The lowest BCUT2D eigenvalue weighted by molar-refractivity contribution is 0.0600. The largest absolute Gasteiger partial charge is 0.465 e. The van der Waals surface area contributed by atoms with E-state index >= 15 is 0 Å². The van der Waals surface area contributed by atoms with E-state index in [0.717, 1.165) is 0 Å². The van der Waals surface area contributed by atoms with Crippen molar-refractivity contribution in [3.05, 3.63) is 65.2 Å². The number of carbonyl (C=O) groups is 3. The second-order valence-electron chi connectivity index (χ2n) is 5.35. The van der Waals surface area contributed by atoms with Gasteiger partial charge in [-0.3, -0.25) is 9.59 Å². The Bertz CT molecular complexity index is 787. The average molecular weight is 356 g/mol. The quantitative estimate of drug-likeness (QED) is 0.585. The number of carbonyl (C=O) groups excluding carboxylic acids is 3. The molecule has 0 saturated heterocycles. The first kappa shape index (κ1) is 19.1. The van der Waals surface area contributed by atoms with E-state index in [2.05, 4.69) is 15.4 Å². The van der Waals surface area contributed by atoms with Crippen molar-refractivity contribution in [2.45, 2.75) is 0 Å². The molecule has 26 heavy (non-hydrogen) atoms. The van der Waals surface area contributed by atoms with Crippen molar-refractivity contribution in [2.24, 2.45) is 0 Å². The number of ether oxygens (including phenoxy) is 2. The summed E-state index contributed by atoms with van der Waals surface area (Å²) in [5.74, 6) is -1.09. The minimum absolute atomic E-state index is 0.279. The lowest BCUT2D eigenvalue weighted by atomic mass is 10.1. The minimum atomic E-state index is -0.449. The maximum atomic E-state index is 12.4. The van der Waals surface area contributed by atoms with Gasteiger partial charge in [-0.1, -0.05) is 6.07 Å². The number of benzene rings is 2. The van der Waals surface area contributed by atoms with E-state index in [1.807, 2.05) is 0 Å². The Balaban J connectivity index is 2.04. The fourth-order valence-corrected chi connectivity index (χ4v) is 2.18. The van der Waals surface area contributed by atoms with Gasteiger partial charge in [0.05, 0.1) is 19.3 Å². The van der Waals surface area contributed by atoms with Gasteiger partial charge in [0.15, 0.2) is 0 Å². The molecule has 0 spiro atoms. The Morgan fingerprint density at radius 2 is 1.54 bits per heavy atom. The Morgan fingerprint density at radius 1 is 0.885 bits per heavy atom. The topological polar surface area (TPSA) is 93.7 Å². The molecule has 2 aromatic rings. The molecule has 0 unspecified atom stereocenters. The monoisotopic (exact) mass is 356 g/mol. The lowest BCUT2D eigenvalue weighted by Gasteiger charge is -2.08. The average Bonchev–Trinajstić information content (AvgIpc) is 2.68. The van der Waals surface area contributed by atoms with E-state index in [1.54, 1.807) is 49.6 Å². The summed E-state index contributed by atoms with van der Waals surface area (Å²) in [6, 6.07) is 12.7. The fraction of sp³-hybridized carbons (Fsp3) is 0.211. The lowest BCUT2D eigenvalue weighted by Crippen LogP contribution is -2.27. The molecule has 0 radical (unpaired) electrons. The smallest absolute Gasteiger partial charge is 0.337 e. The summed E-state index contributed by atoms with van der Waals surface area (Å²) < 4.78 is 9.50. The van der Waals surface area contributed by atoms with Crippen molar-refractivity contribution in [3.63, 3.8) is 0 Å². The summed E-state index contributed by atoms with van der Waals surface area (Å²) in [4.78, 5) is 35.8. The van der Waals surface area contributed by atoms with Crippen LogP contribution in [0.25, 0.3) is 0 Å². The van der Waals surface area contributed by atoms with Crippen molar-refractivity contribution >= 4 is 23.5 Å². The molecule has 2 N–H and O–H groups in total. The standard InChI is InChI=1S/C19H20N2O5/c1-25-11-10-20-17(22)14-4-3-5-15(12-14)18(23)21-16-8-6-13(7-9-16)19(24)26-2/h3-9,12H,10-11H2,1-2H3,(H,20,22)(H,21,23). The van der Waals surface area contributed by atoms with Crippen LogP contribution in [0, 0.1) is 0 Å². The Hall–Kier alpha value is -3.19. The summed E-state index contributed by atoms with van der Waals surface area (Å²) in [6.45, 7) is 0.797. The maximum Gasteiger partial charge on any atom is 0.337 e. The van der Waals surface area contributed by atoms with Crippen molar-refractivity contribution in [1.29, 1.82) is 0 Å². The molecule has 2 amide bonds. The maximum absolute atomic E-state index is 12.4. The highest BCUT2D eigenvalue weighted by Crippen LogP contribution is 2.13. The van der Waals surface area contributed by atoms with Gasteiger partial charge in [0.2, 0.25) is 0 Å². The number of hydrogen-bond donors (Lipinski definition) is 2. The first-order chi connectivity index (χ1) is 12.5. The van der Waals surface area contributed by atoms with Gasteiger partial charge in [-0.2, -0.15) is 0 Å². The minimum Gasteiger partial charge on any atom is -0.465 e. The van der Waals surface area contributed by atoms with E-state index < -0.39 is 5.97 Å². The van der Waals surface area contributed by atoms with Crippen molar-refractivity contribution in [1.82, 2.24) is 5.32 Å². The second kappa shape index (κ2) is 9.33. The fourth-order valence-electron chi connectivity index (χ4n) is 2.18. The summed E-state index contributed by atoms with van der Waals surface area (Å²) >= 11 is 0. The summed E-state index contributed by atoms with van der Waals surface area (Å²) in [5.41, 5.74) is 1.65. The zero-order valence-electron chi connectivity index (χ0n) is 14.6. The van der Waals surface area contributed by atoms with Crippen LogP contribution < -0.4 is 10.6 Å². The van der Waals surface area contributed by atoms with E-state index in [1.165, 1.54) is 13.2 Å². The predicted molar refractivity (Wildman–Crippen MR) is 96.4 cm³/mol. The van der Waals surface area contributed by atoms with Gasteiger partial charge in [0.1, 0.15) is 0 Å². The van der Waals surface area contributed by atoms with E-state index in [-0.39, 0.29) is 11.8 Å². The normalized spacial score (nSPS) is 10.1. The molecule has 2 rings (SSSR count). The van der Waals surface area contributed by atoms with E-state index in [0.29, 0.717) is 35.5 Å². The molecule has 0 aromatic heterocycles. The molecule has 0 aliphatic heterocycles. The van der Waals surface area contributed by atoms with Gasteiger partial charge in [-0.25, -0.2) is 4.79 Å². The van der Waals surface area contributed by atoms with Crippen LogP contribution in [-0.2, 0) is 9.47 Å². The SMILES string of the molecule is COCCNC(=O)c1cccc(C(=O)Nc2ccc(C(=O)OC)cc2)c1. The van der Waals surface area contributed by atoms with Crippen molar-refractivity contribution in [2.75, 3.05) is 32.7 Å². The predicted octanol–water partition coefficient (Wildman–Crippen LogP) is 2.10. The molecule has 0 bridgehead atoms. The number of hydrogen-bond acceptors (Lipinski definition) is 5. The third kappa shape index (κ3) is 5.15. The number of nitrogens with one attached hydrogen (secondary N) is 2. The second-order valence-corrected chi connectivity index (χ2v) is 5.35. The van der Waals surface area contributed by atoms with E-state index in [9.17, 15) is 14.4 Å². The van der Waals surface area contributed by atoms with Crippen molar-refractivity contribution in [3.8, 4) is 0 Å². The van der Waals surface area contributed by atoms with Crippen molar-refractivity contribution < 1.29 is 23.9 Å². The Kier molecular flexibility index (Phi) is 6.87. The number of esters is 1. The zero-order valence-corrected chi connectivity index (χ0v) is 14.6. The molecule has 0 aliphatic rings.